The van der Waals surface area contributed by atoms with Crippen molar-refractivity contribution in [2.24, 2.45) is 11.3 Å². The quantitative estimate of drug-likeness (QED) is 0.657. The molecule has 0 heterocycles. The Kier molecular flexibility index (Phi) is 4.85. The van der Waals surface area contributed by atoms with E-state index in [9.17, 15) is 0 Å². The third-order valence-electron chi connectivity index (χ3n) is 3.66. The molecule has 15 heavy (non-hydrogen) atoms. The molecule has 88 valence electrons. The standard InChI is InChI=1S/C14H27N/c1-5-13(4)15-11-14(10-12(2)3)8-6-7-9-14/h5,12-13,15H,1,6-11H2,2-4H3. The summed E-state index contributed by atoms with van der Waals surface area (Å²) in [5, 5.41) is 3.60. The highest BCUT2D eigenvalue weighted by Gasteiger charge is 2.33. The fourth-order valence-electron chi connectivity index (χ4n) is 2.90. The van der Waals surface area contributed by atoms with E-state index < -0.39 is 0 Å². The minimum Gasteiger partial charge on any atom is -0.310 e. The van der Waals surface area contributed by atoms with Crippen LogP contribution in [0, 0.1) is 11.3 Å². The van der Waals surface area contributed by atoms with Crippen LogP contribution in [-0.4, -0.2) is 12.6 Å². The van der Waals surface area contributed by atoms with E-state index >= 15 is 0 Å². The van der Waals surface area contributed by atoms with Gasteiger partial charge in [-0.2, -0.15) is 0 Å². The zero-order valence-corrected chi connectivity index (χ0v) is 10.7. The lowest BCUT2D eigenvalue weighted by Gasteiger charge is -2.32. The predicted octanol–water partition coefficient (Wildman–Crippen LogP) is 3.76. The third-order valence-corrected chi connectivity index (χ3v) is 3.66. The second-order valence-electron chi connectivity index (χ2n) is 5.71. The second-order valence-corrected chi connectivity index (χ2v) is 5.71. The summed E-state index contributed by atoms with van der Waals surface area (Å²) in [4.78, 5) is 0. The molecule has 1 saturated carbocycles. The van der Waals surface area contributed by atoms with Crippen molar-refractivity contribution in [3.8, 4) is 0 Å². The summed E-state index contributed by atoms with van der Waals surface area (Å²) in [6, 6.07) is 0.453. The van der Waals surface area contributed by atoms with Gasteiger partial charge in [0.2, 0.25) is 0 Å². The van der Waals surface area contributed by atoms with Crippen molar-refractivity contribution in [1.82, 2.24) is 5.32 Å². The van der Waals surface area contributed by atoms with Gasteiger partial charge in [0, 0.05) is 12.6 Å². The molecule has 1 aliphatic rings. The van der Waals surface area contributed by atoms with Gasteiger partial charge in [-0.3, -0.25) is 0 Å². The largest absolute Gasteiger partial charge is 0.310 e. The highest BCUT2D eigenvalue weighted by molar-refractivity contribution is 4.90. The molecule has 0 aromatic carbocycles. The fraction of sp³-hybridized carbons (Fsp3) is 0.857. The van der Waals surface area contributed by atoms with Crippen molar-refractivity contribution >= 4 is 0 Å². The highest BCUT2D eigenvalue weighted by atomic mass is 14.9. The number of rotatable bonds is 6. The minimum atomic E-state index is 0.453. The topological polar surface area (TPSA) is 12.0 Å². The summed E-state index contributed by atoms with van der Waals surface area (Å²) in [6.45, 7) is 11.9. The van der Waals surface area contributed by atoms with Crippen LogP contribution in [0.2, 0.25) is 0 Å². The van der Waals surface area contributed by atoms with Gasteiger partial charge in [0.15, 0.2) is 0 Å². The summed E-state index contributed by atoms with van der Waals surface area (Å²) in [7, 11) is 0. The van der Waals surface area contributed by atoms with Crippen LogP contribution in [0.5, 0.6) is 0 Å². The van der Waals surface area contributed by atoms with Gasteiger partial charge < -0.3 is 5.32 Å². The Morgan fingerprint density at radius 2 is 1.87 bits per heavy atom. The maximum absolute atomic E-state index is 3.83. The second kappa shape index (κ2) is 5.69. The van der Waals surface area contributed by atoms with E-state index in [1.54, 1.807) is 0 Å². The average Bonchev–Trinajstić information content (AvgIpc) is 2.62. The molecule has 1 aliphatic carbocycles. The van der Waals surface area contributed by atoms with Gasteiger partial charge in [0.1, 0.15) is 0 Å². The maximum Gasteiger partial charge on any atom is 0.0219 e. The summed E-state index contributed by atoms with van der Waals surface area (Å²) < 4.78 is 0. The monoisotopic (exact) mass is 209 g/mol. The van der Waals surface area contributed by atoms with Gasteiger partial charge in [-0.15, -0.1) is 6.58 Å². The van der Waals surface area contributed by atoms with E-state index in [1.165, 1.54) is 38.6 Å². The van der Waals surface area contributed by atoms with Crippen molar-refractivity contribution in [3.05, 3.63) is 12.7 Å². The molecule has 0 radical (unpaired) electrons. The first kappa shape index (κ1) is 12.8. The van der Waals surface area contributed by atoms with Crippen LogP contribution in [0.4, 0.5) is 0 Å². The molecule has 1 N–H and O–H groups in total. The van der Waals surface area contributed by atoms with E-state index in [1.807, 2.05) is 6.08 Å². The first-order valence-electron chi connectivity index (χ1n) is 6.44. The fourth-order valence-corrected chi connectivity index (χ4v) is 2.90. The summed E-state index contributed by atoms with van der Waals surface area (Å²) >= 11 is 0. The van der Waals surface area contributed by atoms with Crippen LogP contribution in [0.3, 0.4) is 0 Å². The molecular weight excluding hydrogens is 182 g/mol. The molecule has 1 unspecified atom stereocenters. The molecule has 0 aliphatic heterocycles. The molecule has 0 bridgehead atoms. The Hall–Kier alpha value is -0.300. The Labute approximate surface area is 95.3 Å². The predicted molar refractivity (Wildman–Crippen MR) is 68.0 cm³/mol. The van der Waals surface area contributed by atoms with Gasteiger partial charge >= 0.3 is 0 Å². The Morgan fingerprint density at radius 1 is 1.27 bits per heavy atom. The third kappa shape index (κ3) is 3.98. The van der Waals surface area contributed by atoms with Crippen molar-refractivity contribution in [2.75, 3.05) is 6.54 Å². The molecule has 1 heteroatoms. The lowest BCUT2D eigenvalue weighted by Crippen LogP contribution is -2.37. The molecule has 0 spiro atoms. The first-order valence-corrected chi connectivity index (χ1v) is 6.44. The Morgan fingerprint density at radius 3 is 2.33 bits per heavy atom. The molecule has 1 rings (SSSR count). The van der Waals surface area contributed by atoms with Crippen LogP contribution < -0.4 is 5.32 Å². The van der Waals surface area contributed by atoms with Gasteiger partial charge in [-0.05, 0) is 37.5 Å². The van der Waals surface area contributed by atoms with Crippen LogP contribution in [0.25, 0.3) is 0 Å². The van der Waals surface area contributed by atoms with Crippen LogP contribution >= 0.6 is 0 Å². The molecule has 1 fully saturated rings. The van der Waals surface area contributed by atoms with E-state index in [2.05, 4.69) is 32.7 Å². The summed E-state index contributed by atoms with van der Waals surface area (Å²) in [6.07, 6.45) is 9.07. The lowest BCUT2D eigenvalue weighted by atomic mass is 9.78. The van der Waals surface area contributed by atoms with E-state index in [-0.39, 0.29) is 0 Å². The van der Waals surface area contributed by atoms with Gasteiger partial charge in [0.25, 0.3) is 0 Å². The zero-order valence-electron chi connectivity index (χ0n) is 10.7. The first-order chi connectivity index (χ1) is 7.08. The molecule has 0 aromatic rings. The van der Waals surface area contributed by atoms with E-state index in [0.717, 1.165) is 5.92 Å². The summed E-state index contributed by atoms with van der Waals surface area (Å²) in [5.74, 6) is 0.823. The van der Waals surface area contributed by atoms with Crippen molar-refractivity contribution in [3.63, 3.8) is 0 Å². The minimum absolute atomic E-state index is 0.453. The normalized spacial score (nSPS) is 21.9. The summed E-state index contributed by atoms with van der Waals surface area (Å²) in [5.41, 5.74) is 0.589. The van der Waals surface area contributed by atoms with E-state index in [0.29, 0.717) is 11.5 Å². The van der Waals surface area contributed by atoms with Crippen LogP contribution in [0.15, 0.2) is 12.7 Å². The Bertz CT molecular complexity index is 190. The molecule has 1 nitrogen and oxygen atoms in total. The number of nitrogens with one attached hydrogen (secondary N) is 1. The van der Waals surface area contributed by atoms with Gasteiger partial charge in [-0.25, -0.2) is 0 Å². The highest BCUT2D eigenvalue weighted by Crippen LogP contribution is 2.42. The number of hydrogen-bond donors (Lipinski definition) is 1. The zero-order chi connectivity index (χ0) is 11.3. The van der Waals surface area contributed by atoms with Crippen molar-refractivity contribution in [2.45, 2.75) is 58.9 Å². The van der Waals surface area contributed by atoms with Crippen molar-refractivity contribution in [1.29, 1.82) is 0 Å². The molecular formula is C14H27N. The van der Waals surface area contributed by atoms with E-state index in [4.69, 9.17) is 0 Å². The van der Waals surface area contributed by atoms with Crippen LogP contribution in [0.1, 0.15) is 52.9 Å². The average molecular weight is 209 g/mol. The lowest BCUT2D eigenvalue weighted by molar-refractivity contribution is 0.221. The maximum atomic E-state index is 3.83. The van der Waals surface area contributed by atoms with Crippen molar-refractivity contribution < 1.29 is 0 Å². The van der Waals surface area contributed by atoms with Crippen LogP contribution in [-0.2, 0) is 0 Å². The Balaban J connectivity index is 2.46. The number of hydrogen-bond acceptors (Lipinski definition) is 1. The molecule has 1 atom stereocenters. The SMILES string of the molecule is C=CC(C)NCC1(CC(C)C)CCCC1. The molecule has 0 amide bonds. The van der Waals surface area contributed by atoms with Gasteiger partial charge in [0.05, 0.1) is 0 Å². The smallest absolute Gasteiger partial charge is 0.0219 e. The molecule has 0 saturated heterocycles. The molecule has 0 aromatic heterocycles. The van der Waals surface area contributed by atoms with Gasteiger partial charge in [-0.1, -0.05) is 32.8 Å².